The Balaban J connectivity index is 2.00. The van der Waals surface area contributed by atoms with E-state index in [9.17, 15) is 24.5 Å². The van der Waals surface area contributed by atoms with Gasteiger partial charge in [-0.25, -0.2) is 5.01 Å². The molecule has 1 saturated heterocycles. The highest BCUT2D eigenvalue weighted by Crippen LogP contribution is 2.32. The molecule has 2 heterocycles. The van der Waals surface area contributed by atoms with Gasteiger partial charge in [0.05, 0.1) is 22.6 Å². The molecule has 0 aromatic heterocycles. The van der Waals surface area contributed by atoms with Crippen molar-refractivity contribution in [2.75, 3.05) is 0 Å². The SMILES string of the molecule is O=C1c2cccc([N+](=O)[O-])c2CN1N1C(=O)CCCC1=O. The van der Waals surface area contributed by atoms with Crippen LogP contribution in [0, 0.1) is 10.1 Å². The third-order valence-electron chi connectivity index (χ3n) is 3.62. The lowest BCUT2D eigenvalue weighted by Crippen LogP contribution is -2.52. The summed E-state index contributed by atoms with van der Waals surface area (Å²) < 4.78 is 0. The van der Waals surface area contributed by atoms with E-state index in [0.29, 0.717) is 6.42 Å². The van der Waals surface area contributed by atoms with Crippen LogP contribution in [-0.2, 0) is 16.1 Å². The zero-order valence-electron chi connectivity index (χ0n) is 10.9. The van der Waals surface area contributed by atoms with Gasteiger partial charge in [-0.05, 0) is 12.5 Å². The Bertz CT molecular complexity index is 668. The molecule has 0 bridgehead atoms. The first-order valence-electron chi connectivity index (χ1n) is 6.44. The van der Waals surface area contributed by atoms with Gasteiger partial charge in [0, 0.05) is 18.9 Å². The number of carbonyl (C=O) groups excluding carboxylic acids is 3. The van der Waals surface area contributed by atoms with Crippen molar-refractivity contribution in [2.24, 2.45) is 0 Å². The van der Waals surface area contributed by atoms with Gasteiger partial charge in [-0.15, -0.1) is 0 Å². The zero-order chi connectivity index (χ0) is 15.1. The number of hydrogen-bond acceptors (Lipinski definition) is 5. The Morgan fingerprint density at radius 3 is 2.38 bits per heavy atom. The van der Waals surface area contributed by atoms with Gasteiger partial charge < -0.3 is 0 Å². The second-order valence-corrected chi connectivity index (χ2v) is 4.88. The molecule has 1 aromatic rings. The maximum Gasteiger partial charge on any atom is 0.275 e. The lowest BCUT2D eigenvalue weighted by Gasteiger charge is -2.32. The largest absolute Gasteiger partial charge is 0.275 e. The number of rotatable bonds is 2. The molecule has 1 fully saturated rings. The Hall–Kier alpha value is -2.77. The number of nitro groups is 1. The first-order chi connectivity index (χ1) is 10.0. The van der Waals surface area contributed by atoms with Gasteiger partial charge in [0.25, 0.3) is 11.6 Å². The molecule has 0 saturated carbocycles. The number of hydrogen-bond donors (Lipinski definition) is 0. The first-order valence-corrected chi connectivity index (χ1v) is 6.44. The fourth-order valence-corrected chi connectivity index (χ4v) is 2.65. The average molecular weight is 289 g/mol. The van der Waals surface area contributed by atoms with Crippen LogP contribution in [0.25, 0.3) is 0 Å². The minimum atomic E-state index is -0.574. The standard InChI is InChI=1S/C13H11N3O5/c17-11-5-2-6-12(18)15(11)14-7-9-8(13(14)19)3-1-4-10(9)16(20)21/h1,3-4H,2,5-7H2. The molecule has 0 N–H and O–H groups in total. The first kappa shape index (κ1) is 13.2. The molecule has 0 atom stereocenters. The Morgan fingerprint density at radius 2 is 1.76 bits per heavy atom. The molecule has 3 amide bonds. The topological polar surface area (TPSA) is 101 Å². The molecule has 108 valence electrons. The summed E-state index contributed by atoms with van der Waals surface area (Å²) in [6.07, 6.45) is 0.839. The third-order valence-corrected chi connectivity index (χ3v) is 3.62. The van der Waals surface area contributed by atoms with E-state index in [1.807, 2.05) is 0 Å². The molecule has 3 rings (SSSR count). The number of carbonyl (C=O) groups is 3. The van der Waals surface area contributed by atoms with Crippen LogP contribution < -0.4 is 0 Å². The maximum atomic E-state index is 12.3. The van der Waals surface area contributed by atoms with Crippen LogP contribution in [0.3, 0.4) is 0 Å². The van der Waals surface area contributed by atoms with E-state index in [1.54, 1.807) is 0 Å². The molecular weight excluding hydrogens is 278 g/mol. The van der Waals surface area contributed by atoms with Crippen LogP contribution in [0.15, 0.2) is 18.2 Å². The summed E-state index contributed by atoms with van der Waals surface area (Å²) in [7, 11) is 0. The van der Waals surface area contributed by atoms with Crippen molar-refractivity contribution in [1.29, 1.82) is 0 Å². The van der Waals surface area contributed by atoms with Gasteiger partial charge in [-0.1, -0.05) is 6.07 Å². The second kappa shape index (κ2) is 4.65. The smallest absolute Gasteiger partial charge is 0.273 e. The summed E-state index contributed by atoms with van der Waals surface area (Å²) in [5.41, 5.74) is 0.217. The number of fused-ring (bicyclic) bond motifs is 1. The molecule has 0 spiro atoms. The summed E-state index contributed by atoms with van der Waals surface area (Å²) >= 11 is 0. The van der Waals surface area contributed by atoms with Crippen molar-refractivity contribution in [3.05, 3.63) is 39.4 Å². The lowest BCUT2D eigenvalue weighted by molar-refractivity contribution is -0.385. The van der Waals surface area contributed by atoms with Crippen molar-refractivity contribution >= 4 is 23.4 Å². The van der Waals surface area contributed by atoms with Gasteiger partial charge >= 0.3 is 0 Å². The second-order valence-electron chi connectivity index (χ2n) is 4.88. The monoisotopic (exact) mass is 289 g/mol. The maximum absolute atomic E-state index is 12.3. The number of amides is 3. The number of imide groups is 1. The van der Waals surface area contributed by atoms with Crippen molar-refractivity contribution in [3.8, 4) is 0 Å². The highest BCUT2D eigenvalue weighted by Gasteiger charge is 2.41. The van der Waals surface area contributed by atoms with Gasteiger partial charge in [0.2, 0.25) is 11.8 Å². The van der Waals surface area contributed by atoms with Crippen LogP contribution in [0.5, 0.6) is 0 Å². The summed E-state index contributed by atoms with van der Waals surface area (Å²) in [5.74, 6) is -1.46. The molecule has 8 heteroatoms. The molecule has 0 aliphatic carbocycles. The van der Waals surface area contributed by atoms with E-state index in [0.717, 1.165) is 10.0 Å². The minimum absolute atomic E-state index is 0.136. The molecule has 8 nitrogen and oxygen atoms in total. The summed E-state index contributed by atoms with van der Waals surface area (Å²) in [4.78, 5) is 46.5. The van der Waals surface area contributed by atoms with Crippen molar-refractivity contribution < 1.29 is 19.3 Å². The summed E-state index contributed by atoms with van der Waals surface area (Å²) in [6.45, 7) is -0.136. The predicted molar refractivity (Wildman–Crippen MR) is 68.7 cm³/mol. The Morgan fingerprint density at radius 1 is 1.10 bits per heavy atom. The molecular formula is C13H11N3O5. The summed E-state index contributed by atoms with van der Waals surface area (Å²) in [6, 6.07) is 4.18. The Labute approximate surface area is 119 Å². The lowest BCUT2D eigenvalue weighted by atomic mass is 10.1. The van der Waals surface area contributed by atoms with Crippen LogP contribution >= 0.6 is 0 Å². The van der Waals surface area contributed by atoms with E-state index in [-0.39, 0.29) is 36.2 Å². The molecule has 0 unspecified atom stereocenters. The normalized spacial score (nSPS) is 18.2. The molecule has 21 heavy (non-hydrogen) atoms. The van der Waals surface area contributed by atoms with E-state index in [2.05, 4.69) is 0 Å². The quantitative estimate of drug-likeness (QED) is 0.459. The molecule has 2 aliphatic heterocycles. The third kappa shape index (κ3) is 1.95. The van der Waals surface area contributed by atoms with E-state index in [4.69, 9.17) is 0 Å². The van der Waals surface area contributed by atoms with Gasteiger partial charge in [-0.2, -0.15) is 5.01 Å². The van der Waals surface area contributed by atoms with Gasteiger partial charge in [0.15, 0.2) is 0 Å². The summed E-state index contributed by atoms with van der Waals surface area (Å²) in [5, 5.41) is 12.8. The van der Waals surface area contributed by atoms with Crippen LogP contribution in [0.4, 0.5) is 5.69 Å². The highest BCUT2D eigenvalue weighted by molar-refractivity contribution is 6.05. The molecule has 2 aliphatic rings. The Kier molecular flexibility index (Phi) is 2.93. The zero-order valence-corrected chi connectivity index (χ0v) is 10.9. The number of nitro benzene ring substituents is 1. The van der Waals surface area contributed by atoms with Crippen molar-refractivity contribution in [1.82, 2.24) is 10.0 Å². The van der Waals surface area contributed by atoms with Crippen LogP contribution in [0.2, 0.25) is 0 Å². The van der Waals surface area contributed by atoms with Gasteiger partial charge in [-0.3, -0.25) is 24.5 Å². The number of hydrazine groups is 1. The van der Waals surface area contributed by atoms with Crippen molar-refractivity contribution in [3.63, 3.8) is 0 Å². The van der Waals surface area contributed by atoms with E-state index >= 15 is 0 Å². The van der Waals surface area contributed by atoms with Gasteiger partial charge in [0.1, 0.15) is 0 Å². The van der Waals surface area contributed by atoms with E-state index in [1.165, 1.54) is 18.2 Å². The average Bonchev–Trinajstić information content (AvgIpc) is 2.76. The molecule has 1 aromatic carbocycles. The minimum Gasteiger partial charge on any atom is -0.273 e. The number of piperidine rings is 1. The van der Waals surface area contributed by atoms with Crippen LogP contribution in [0.1, 0.15) is 35.2 Å². The predicted octanol–water partition coefficient (Wildman–Crippen LogP) is 1.00. The van der Waals surface area contributed by atoms with Crippen molar-refractivity contribution in [2.45, 2.75) is 25.8 Å². The number of nitrogens with zero attached hydrogens (tertiary/aromatic N) is 3. The highest BCUT2D eigenvalue weighted by atomic mass is 16.6. The fraction of sp³-hybridized carbons (Fsp3) is 0.308. The molecule has 0 radical (unpaired) electrons. The number of benzene rings is 1. The fourth-order valence-electron chi connectivity index (χ4n) is 2.65. The van der Waals surface area contributed by atoms with Crippen LogP contribution in [-0.4, -0.2) is 32.7 Å². The van der Waals surface area contributed by atoms with E-state index < -0.39 is 22.6 Å².